The van der Waals surface area contributed by atoms with E-state index in [1.54, 1.807) is 6.07 Å². The number of aliphatic hydroxyl groups is 1. The van der Waals surface area contributed by atoms with Gasteiger partial charge in [0.05, 0.1) is 11.8 Å². The summed E-state index contributed by atoms with van der Waals surface area (Å²) in [7, 11) is 0. The fourth-order valence-corrected chi connectivity index (χ4v) is 3.48. The molecule has 0 aliphatic heterocycles. The lowest BCUT2D eigenvalue weighted by Gasteiger charge is -2.38. The Morgan fingerprint density at radius 3 is 2.62 bits per heavy atom. The molecule has 2 rings (SSSR count). The van der Waals surface area contributed by atoms with Crippen molar-refractivity contribution in [2.24, 2.45) is 17.8 Å². The van der Waals surface area contributed by atoms with E-state index < -0.39 is 0 Å². The zero-order valence-electron chi connectivity index (χ0n) is 13.4. The first-order valence-electron chi connectivity index (χ1n) is 8.20. The quantitative estimate of drug-likeness (QED) is 0.884. The zero-order valence-corrected chi connectivity index (χ0v) is 13.4. The van der Waals surface area contributed by atoms with Crippen LogP contribution in [0.3, 0.4) is 0 Å². The third-order valence-corrected chi connectivity index (χ3v) is 4.96. The minimum absolute atomic E-state index is 0.176. The van der Waals surface area contributed by atoms with Crippen LogP contribution in [-0.4, -0.2) is 24.3 Å². The molecule has 1 fully saturated rings. The largest absolute Gasteiger partial charge is 0.393 e. The minimum Gasteiger partial charge on any atom is -0.393 e. The molecule has 1 N–H and O–H groups in total. The van der Waals surface area contributed by atoms with E-state index in [4.69, 9.17) is 0 Å². The molecule has 1 aromatic carbocycles. The second kappa shape index (κ2) is 7.26. The van der Waals surface area contributed by atoms with Gasteiger partial charge < -0.3 is 10.0 Å². The van der Waals surface area contributed by atoms with E-state index in [1.165, 1.54) is 6.07 Å². The van der Waals surface area contributed by atoms with Crippen LogP contribution in [0.2, 0.25) is 0 Å². The molecule has 0 aromatic heterocycles. The lowest BCUT2D eigenvalue weighted by molar-refractivity contribution is 0.0409. The number of anilines is 1. The van der Waals surface area contributed by atoms with Gasteiger partial charge in [-0.25, -0.2) is 4.39 Å². The van der Waals surface area contributed by atoms with Crippen LogP contribution in [0, 0.1) is 23.6 Å². The molecule has 1 aromatic rings. The smallest absolute Gasteiger partial charge is 0.146 e. The molecule has 0 radical (unpaired) electrons. The standard InChI is InChI=1S/C18H28FNO/c1-4-20(17-8-6-5-7-16(17)19)12-15-11-14(13(2)3)9-10-18(15)21/h5-8,13-15,18,21H,4,9-12H2,1-3H3. The maximum absolute atomic E-state index is 14.0. The average Bonchev–Trinajstić information content (AvgIpc) is 2.47. The summed E-state index contributed by atoms with van der Waals surface area (Å²) in [5.41, 5.74) is 0.652. The SMILES string of the molecule is CCN(CC1CC(C(C)C)CCC1O)c1ccccc1F. The Hall–Kier alpha value is -1.09. The second-order valence-corrected chi connectivity index (χ2v) is 6.63. The van der Waals surface area contributed by atoms with Crippen molar-refractivity contribution in [1.29, 1.82) is 0 Å². The summed E-state index contributed by atoms with van der Waals surface area (Å²) in [4.78, 5) is 2.06. The average molecular weight is 293 g/mol. The van der Waals surface area contributed by atoms with E-state index >= 15 is 0 Å². The Balaban J connectivity index is 2.08. The first-order chi connectivity index (χ1) is 10.0. The van der Waals surface area contributed by atoms with Crippen molar-refractivity contribution in [1.82, 2.24) is 0 Å². The predicted octanol–water partition coefficient (Wildman–Crippen LogP) is 4.09. The van der Waals surface area contributed by atoms with Gasteiger partial charge in [-0.05, 0) is 50.2 Å². The topological polar surface area (TPSA) is 23.5 Å². The van der Waals surface area contributed by atoms with Crippen molar-refractivity contribution >= 4 is 5.69 Å². The molecule has 3 unspecified atom stereocenters. The summed E-state index contributed by atoms with van der Waals surface area (Å²) in [6.07, 6.45) is 2.79. The van der Waals surface area contributed by atoms with Crippen molar-refractivity contribution < 1.29 is 9.50 Å². The molecule has 0 spiro atoms. The van der Waals surface area contributed by atoms with Crippen LogP contribution >= 0.6 is 0 Å². The molecule has 0 heterocycles. The van der Waals surface area contributed by atoms with Crippen LogP contribution in [0.1, 0.15) is 40.0 Å². The Morgan fingerprint density at radius 1 is 1.29 bits per heavy atom. The van der Waals surface area contributed by atoms with Crippen molar-refractivity contribution in [3.8, 4) is 0 Å². The van der Waals surface area contributed by atoms with Gasteiger partial charge in [0.15, 0.2) is 0 Å². The van der Waals surface area contributed by atoms with Crippen molar-refractivity contribution in [2.45, 2.75) is 46.1 Å². The van der Waals surface area contributed by atoms with Gasteiger partial charge in [0.25, 0.3) is 0 Å². The van der Waals surface area contributed by atoms with Gasteiger partial charge in [-0.1, -0.05) is 26.0 Å². The second-order valence-electron chi connectivity index (χ2n) is 6.63. The van der Waals surface area contributed by atoms with E-state index in [1.807, 2.05) is 19.1 Å². The van der Waals surface area contributed by atoms with Crippen LogP contribution in [-0.2, 0) is 0 Å². The molecule has 2 nitrogen and oxygen atoms in total. The molecule has 1 aliphatic carbocycles. The molecule has 0 amide bonds. The summed E-state index contributed by atoms with van der Waals surface area (Å²) in [6.45, 7) is 8.06. The highest BCUT2D eigenvalue weighted by molar-refractivity contribution is 5.47. The van der Waals surface area contributed by atoms with Crippen molar-refractivity contribution in [3.63, 3.8) is 0 Å². The van der Waals surface area contributed by atoms with Crippen LogP contribution in [0.5, 0.6) is 0 Å². The van der Waals surface area contributed by atoms with Crippen LogP contribution in [0.4, 0.5) is 10.1 Å². The van der Waals surface area contributed by atoms with Gasteiger partial charge >= 0.3 is 0 Å². The molecule has 3 heteroatoms. The van der Waals surface area contributed by atoms with Gasteiger partial charge in [0, 0.05) is 19.0 Å². The van der Waals surface area contributed by atoms with E-state index in [0.29, 0.717) is 17.5 Å². The lowest BCUT2D eigenvalue weighted by Crippen LogP contribution is -2.40. The monoisotopic (exact) mass is 293 g/mol. The summed E-state index contributed by atoms with van der Waals surface area (Å²) in [5, 5.41) is 10.3. The number of rotatable bonds is 5. The maximum Gasteiger partial charge on any atom is 0.146 e. The normalized spacial score (nSPS) is 26.1. The van der Waals surface area contributed by atoms with Gasteiger partial charge in [-0.3, -0.25) is 0 Å². The number of para-hydroxylation sites is 1. The number of aliphatic hydroxyl groups excluding tert-OH is 1. The molecule has 118 valence electrons. The van der Waals surface area contributed by atoms with Crippen molar-refractivity contribution in [2.75, 3.05) is 18.0 Å². The molecular weight excluding hydrogens is 265 g/mol. The first kappa shape index (κ1) is 16.3. The van der Waals surface area contributed by atoms with E-state index in [9.17, 15) is 9.50 Å². The Labute approximate surface area is 128 Å². The molecule has 1 saturated carbocycles. The molecule has 0 saturated heterocycles. The van der Waals surface area contributed by atoms with Gasteiger partial charge in [-0.2, -0.15) is 0 Å². The third kappa shape index (κ3) is 3.97. The Bertz CT molecular complexity index is 449. The number of halogens is 1. The highest BCUT2D eigenvalue weighted by Gasteiger charge is 2.31. The molecular formula is C18H28FNO. The highest BCUT2D eigenvalue weighted by atomic mass is 19.1. The summed E-state index contributed by atoms with van der Waals surface area (Å²) in [6, 6.07) is 6.92. The van der Waals surface area contributed by atoms with Crippen LogP contribution < -0.4 is 4.90 Å². The minimum atomic E-state index is -0.249. The van der Waals surface area contributed by atoms with E-state index in [2.05, 4.69) is 18.7 Å². The highest BCUT2D eigenvalue weighted by Crippen LogP contribution is 2.35. The number of nitrogens with zero attached hydrogens (tertiary/aromatic N) is 1. The molecule has 0 bridgehead atoms. The Morgan fingerprint density at radius 2 is 2.00 bits per heavy atom. The molecule has 3 atom stereocenters. The summed E-state index contributed by atoms with van der Waals surface area (Å²) < 4.78 is 14.0. The van der Waals surface area contributed by atoms with Crippen LogP contribution in [0.15, 0.2) is 24.3 Å². The third-order valence-electron chi connectivity index (χ3n) is 4.96. The number of hydrogen-bond acceptors (Lipinski definition) is 2. The first-order valence-corrected chi connectivity index (χ1v) is 8.20. The summed E-state index contributed by atoms with van der Waals surface area (Å²) >= 11 is 0. The van der Waals surface area contributed by atoms with Crippen LogP contribution in [0.25, 0.3) is 0 Å². The van der Waals surface area contributed by atoms with Crippen molar-refractivity contribution in [3.05, 3.63) is 30.1 Å². The number of benzene rings is 1. The number of hydrogen-bond donors (Lipinski definition) is 1. The zero-order chi connectivity index (χ0) is 15.4. The van der Waals surface area contributed by atoms with Gasteiger partial charge in [0.1, 0.15) is 5.82 Å². The van der Waals surface area contributed by atoms with E-state index in [-0.39, 0.29) is 17.8 Å². The van der Waals surface area contributed by atoms with E-state index in [0.717, 1.165) is 32.4 Å². The molecule has 1 aliphatic rings. The fourth-order valence-electron chi connectivity index (χ4n) is 3.48. The van der Waals surface area contributed by atoms with Gasteiger partial charge in [-0.15, -0.1) is 0 Å². The Kier molecular flexibility index (Phi) is 5.63. The lowest BCUT2D eigenvalue weighted by atomic mass is 9.74. The maximum atomic E-state index is 14.0. The molecule has 21 heavy (non-hydrogen) atoms. The van der Waals surface area contributed by atoms with Gasteiger partial charge in [0.2, 0.25) is 0 Å². The fraction of sp³-hybridized carbons (Fsp3) is 0.667. The summed E-state index contributed by atoms with van der Waals surface area (Å²) in [5.74, 6) is 1.40. The predicted molar refractivity (Wildman–Crippen MR) is 86.0 cm³/mol.